The lowest BCUT2D eigenvalue weighted by Crippen LogP contribution is -2.43. The monoisotopic (exact) mass is 767 g/mol. The molecule has 0 bridgehead atoms. The topological polar surface area (TPSA) is 124 Å². The van der Waals surface area contributed by atoms with Gasteiger partial charge in [0.05, 0.1) is 68.1 Å². The predicted octanol–water partition coefficient (Wildman–Crippen LogP) is 8.33. The van der Waals surface area contributed by atoms with Gasteiger partial charge in [-0.3, -0.25) is 19.6 Å². The minimum atomic E-state index is -0.638. The van der Waals surface area contributed by atoms with E-state index in [0.29, 0.717) is 78.0 Å². The molecule has 0 aliphatic carbocycles. The highest BCUT2D eigenvalue weighted by atomic mass is 16.5. The highest BCUT2D eigenvalue weighted by Crippen LogP contribution is 2.45. The van der Waals surface area contributed by atoms with E-state index in [1.165, 1.54) is 0 Å². The van der Waals surface area contributed by atoms with Crippen LogP contribution in [-0.2, 0) is 0 Å². The van der Waals surface area contributed by atoms with Crippen LogP contribution in [0.25, 0.3) is 11.1 Å². The highest BCUT2D eigenvalue weighted by molar-refractivity contribution is 6.07. The van der Waals surface area contributed by atoms with Gasteiger partial charge < -0.3 is 38.8 Å². The molecule has 4 heterocycles. The second-order valence-corrected chi connectivity index (χ2v) is 14.9. The second-order valence-electron chi connectivity index (χ2n) is 14.9. The van der Waals surface area contributed by atoms with Gasteiger partial charge in [0.1, 0.15) is 5.75 Å². The summed E-state index contributed by atoms with van der Waals surface area (Å²) in [6.45, 7) is 4.63. The number of benzene rings is 4. The molecular formula is C45H45N5O7. The van der Waals surface area contributed by atoms with Crippen LogP contribution in [0, 0.1) is 0 Å². The number of rotatable bonds is 12. The number of carbonyl (C=O) groups is 2. The molecule has 0 saturated carbocycles. The smallest absolute Gasteiger partial charge is 0.260 e. The van der Waals surface area contributed by atoms with Crippen molar-refractivity contribution in [2.75, 3.05) is 46.9 Å². The van der Waals surface area contributed by atoms with Gasteiger partial charge in [-0.1, -0.05) is 24.3 Å². The number of anilines is 1. The third-order valence-corrected chi connectivity index (χ3v) is 11.0. The molecule has 4 aliphatic rings. The molecule has 12 heteroatoms. The van der Waals surface area contributed by atoms with Crippen LogP contribution in [0.2, 0.25) is 0 Å². The van der Waals surface area contributed by atoms with E-state index < -0.39 is 11.1 Å². The van der Waals surface area contributed by atoms with Crippen LogP contribution >= 0.6 is 0 Å². The molecule has 1 N–H and O–H groups in total. The summed E-state index contributed by atoms with van der Waals surface area (Å²) in [7, 11) is 6.62. The Hall–Kier alpha value is -6.56. The minimum Gasteiger partial charge on any atom is -0.497 e. The van der Waals surface area contributed by atoms with E-state index in [1.807, 2.05) is 82.1 Å². The largest absolute Gasteiger partial charge is 0.497 e. The second kappa shape index (κ2) is 14.8. The Kier molecular flexibility index (Phi) is 9.72. The van der Waals surface area contributed by atoms with Crippen molar-refractivity contribution in [3.05, 3.63) is 107 Å². The lowest BCUT2D eigenvalue weighted by molar-refractivity contribution is 0.0755. The molecule has 292 valence electrons. The van der Waals surface area contributed by atoms with Crippen LogP contribution in [0.4, 0.5) is 17.1 Å². The zero-order chi connectivity index (χ0) is 39.9. The van der Waals surface area contributed by atoms with Crippen LogP contribution < -0.4 is 29.0 Å². The Morgan fingerprint density at radius 2 is 1.09 bits per heavy atom. The molecule has 8 rings (SSSR count). The summed E-state index contributed by atoms with van der Waals surface area (Å²) in [5.74, 6) is 2.26. The maximum absolute atomic E-state index is 14.0. The van der Waals surface area contributed by atoms with Gasteiger partial charge in [0.15, 0.2) is 23.0 Å². The molecule has 2 amide bonds. The first-order valence-electron chi connectivity index (χ1n) is 18.9. The van der Waals surface area contributed by atoms with Gasteiger partial charge in [0.2, 0.25) is 0 Å². The number of hydrogen-bond donors (Lipinski definition) is 1. The van der Waals surface area contributed by atoms with Crippen molar-refractivity contribution in [1.29, 1.82) is 0 Å². The molecule has 57 heavy (non-hydrogen) atoms. The summed E-state index contributed by atoms with van der Waals surface area (Å²) in [4.78, 5) is 41.0. The van der Waals surface area contributed by atoms with E-state index in [1.54, 1.807) is 55.4 Å². The maximum Gasteiger partial charge on any atom is 0.260 e. The van der Waals surface area contributed by atoms with E-state index in [-0.39, 0.29) is 11.8 Å². The van der Waals surface area contributed by atoms with Crippen molar-refractivity contribution in [2.24, 2.45) is 9.98 Å². The lowest BCUT2D eigenvalue weighted by atomic mass is 9.93. The molecule has 0 fully saturated rings. The Morgan fingerprint density at radius 3 is 1.51 bits per heavy atom. The average molecular weight is 768 g/mol. The fourth-order valence-corrected chi connectivity index (χ4v) is 7.74. The Bertz CT molecular complexity index is 2200. The van der Waals surface area contributed by atoms with Crippen molar-refractivity contribution >= 4 is 52.5 Å². The summed E-state index contributed by atoms with van der Waals surface area (Å²) >= 11 is 0. The summed E-state index contributed by atoms with van der Waals surface area (Å²) < 4.78 is 29.0. The standard InChI is InChI=1S/C45H45N5O7/c1-44-22-30(28-8-12-32(46-3)13-9-28)24-49(44)42(51)34-18-38(54-5)40(20-36(34)47-26-44)56-16-7-17-57-41-21-37-35(19-39(41)55-6)43(52)50-25-31(23-45(50,2)27-48-37)29-10-14-33(53-4)15-11-29/h8-15,18-21,24-27,46H,7,16-17,22-23H2,1-6H3/t44-,45-/m1/s1. The molecule has 2 atom stereocenters. The van der Waals surface area contributed by atoms with Crippen molar-refractivity contribution < 1.29 is 33.3 Å². The Balaban J connectivity index is 0.928. The quantitative estimate of drug-likeness (QED) is 0.143. The summed E-state index contributed by atoms with van der Waals surface area (Å²) in [6, 6.07) is 22.9. The van der Waals surface area contributed by atoms with Gasteiger partial charge in [0, 0.05) is 69.0 Å². The van der Waals surface area contributed by atoms with E-state index in [4.69, 9.17) is 33.7 Å². The highest BCUT2D eigenvalue weighted by Gasteiger charge is 2.43. The number of methoxy groups -OCH3 is 3. The Labute approximate surface area is 332 Å². The van der Waals surface area contributed by atoms with Crippen molar-refractivity contribution in [1.82, 2.24) is 9.80 Å². The number of nitrogens with one attached hydrogen (secondary N) is 1. The van der Waals surface area contributed by atoms with Crippen LogP contribution in [0.3, 0.4) is 0 Å². The third kappa shape index (κ3) is 6.85. The molecule has 0 unspecified atom stereocenters. The summed E-state index contributed by atoms with van der Waals surface area (Å²) in [5.41, 5.74) is 5.84. The molecule has 0 spiro atoms. The maximum atomic E-state index is 14.0. The molecule has 4 aromatic carbocycles. The van der Waals surface area contributed by atoms with E-state index in [0.717, 1.165) is 33.7 Å². The molecule has 0 aromatic heterocycles. The third-order valence-electron chi connectivity index (χ3n) is 11.0. The first kappa shape index (κ1) is 37.4. The number of fused-ring (bicyclic) bond motifs is 4. The van der Waals surface area contributed by atoms with E-state index >= 15 is 0 Å². The zero-order valence-corrected chi connectivity index (χ0v) is 32.9. The van der Waals surface area contributed by atoms with Crippen LogP contribution in [-0.4, -0.2) is 86.7 Å². The van der Waals surface area contributed by atoms with Gasteiger partial charge >= 0.3 is 0 Å². The predicted molar refractivity (Wildman–Crippen MR) is 221 cm³/mol. The zero-order valence-electron chi connectivity index (χ0n) is 32.9. The number of carbonyl (C=O) groups excluding carboxylic acids is 2. The van der Waals surface area contributed by atoms with E-state index in [9.17, 15) is 9.59 Å². The molecule has 4 aliphatic heterocycles. The van der Waals surface area contributed by atoms with Crippen molar-refractivity contribution in [3.63, 3.8) is 0 Å². The fraction of sp³-hybridized carbons (Fsp3) is 0.289. The molecule has 4 aromatic rings. The number of hydrogen-bond acceptors (Lipinski definition) is 10. The van der Waals surface area contributed by atoms with Gasteiger partial charge in [0.25, 0.3) is 11.8 Å². The van der Waals surface area contributed by atoms with Crippen LogP contribution in [0.1, 0.15) is 65.0 Å². The van der Waals surface area contributed by atoms with E-state index in [2.05, 4.69) is 17.4 Å². The fourth-order valence-electron chi connectivity index (χ4n) is 7.74. The number of aliphatic imine (C=N–C) groups is 2. The Morgan fingerprint density at radius 1 is 0.632 bits per heavy atom. The van der Waals surface area contributed by atoms with Gasteiger partial charge in [-0.25, -0.2) is 0 Å². The molecule has 12 nitrogen and oxygen atoms in total. The van der Waals surface area contributed by atoms with Crippen LogP contribution in [0.15, 0.2) is 95.2 Å². The molecule has 0 radical (unpaired) electrons. The average Bonchev–Trinajstić information content (AvgIpc) is 3.72. The minimum absolute atomic E-state index is 0.157. The van der Waals surface area contributed by atoms with Crippen molar-refractivity contribution in [2.45, 2.75) is 44.2 Å². The number of ether oxygens (including phenoxy) is 5. The first-order valence-corrected chi connectivity index (χ1v) is 18.9. The SMILES string of the molecule is CNc1ccc(C2=CN3C(=O)c4cc(OC)c(OCCCOc5cc6c(cc5OC)C(=O)N5C=C(c7ccc(OC)cc7)C[C@]5(C)C=N6)cc4N=C[C@@]3(C)C2)cc1. The summed E-state index contributed by atoms with van der Waals surface area (Å²) in [6.07, 6.45) is 9.29. The van der Waals surface area contributed by atoms with Crippen LogP contribution in [0.5, 0.6) is 28.7 Å². The summed E-state index contributed by atoms with van der Waals surface area (Å²) in [5, 5.41) is 3.14. The number of amides is 2. The lowest BCUT2D eigenvalue weighted by Gasteiger charge is -2.29. The molecular weight excluding hydrogens is 723 g/mol. The van der Waals surface area contributed by atoms with Gasteiger partial charge in [-0.05, 0) is 72.5 Å². The van der Waals surface area contributed by atoms with Crippen molar-refractivity contribution in [3.8, 4) is 28.7 Å². The first-order chi connectivity index (χ1) is 27.6. The molecule has 0 saturated heterocycles. The normalized spacial score (nSPS) is 20.4. The van der Waals surface area contributed by atoms with Gasteiger partial charge in [-0.2, -0.15) is 0 Å². The number of nitrogens with zero attached hydrogens (tertiary/aromatic N) is 4. The van der Waals surface area contributed by atoms with Gasteiger partial charge in [-0.15, -0.1) is 0 Å².